The molecule has 2 heterocycles. The highest BCUT2D eigenvalue weighted by atomic mass is 16.5. The molecule has 1 atom stereocenters. The van der Waals surface area contributed by atoms with Gasteiger partial charge in [0.05, 0.1) is 26.3 Å². The highest BCUT2D eigenvalue weighted by Gasteiger charge is 2.48. The van der Waals surface area contributed by atoms with Gasteiger partial charge in [-0.2, -0.15) is 0 Å². The van der Waals surface area contributed by atoms with E-state index in [2.05, 4.69) is 17.4 Å². The third kappa shape index (κ3) is 4.21. The molecular formula is C29H35N3O4. The first-order valence-electron chi connectivity index (χ1n) is 12.9. The summed E-state index contributed by atoms with van der Waals surface area (Å²) >= 11 is 0. The number of nitrogens with zero attached hydrogens (tertiary/aromatic N) is 2. The average molecular weight is 490 g/mol. The molecule has 1 aliphatic carbocycles. The van der Waals surface area contributed by atoms with Gasteiger partial charge >= 0.3 is 0 Å². The summed E-state index contributed by atoms with van der Waals surface area (Å²) in [6.07, 6.45) is 5.86. The number of aromatic nitrogens is 1. The van der Waals surface area contributed by atoms with Gasteiger partial charge in [0.25, 0.3) is 5.91 Å². The number of carbonyl (C=O) groups is 2. The van der Waals surface area contributed by atoms with E-state index in [1.807, 2.05) is 47.9 Å². The smallest absolute Gasteiger partial charge is 0.271 e. The Balaban J connectivity index is 1.53. The topological polar surface area (TPSA) is 72.8 Å². The average Bonchev–Trinajstić information content (AvgIpc) is 3.54. The standard InChI is InChI=1S/C29H35N3O4/c1-29(28(34)30-21-13-7-8-14-21)19-31-23(18-22-24(35-2)15-16-25(36-3)26(22)31)27(33)32(29)17-9-12-20-10-5-4-6-11-20/h4-6,10-11,15-16,18,21H,7-9,12-14,17,19H2,1-3H3,(H,30,34). The number of rotatable bonds is 8. The van der Waals surface area contributed by atoms with Crippen LogP contribution in [0, 0.1) is 0 Å². The highest BCUT2D eigenvalue weighted by Crippen LogP contribution is 2.40. The van der Waals surface area contributed by atoms with E-state index in [0.29, 0.717) is 30.3 Å². The van der Waals surface area contributed by atoms with Crippen LogP contribution >= 0.6 is 0 Å². The van der Waals surface area contributed by atoms with Crippen LogP contribution < -0.4 is 14.8 Å². The Morgan fingerprint density at radius 3 is 2.44 bits per heavy atom. The monoisotopic (exact) mass is 489 g/mol. The summed E-state index contributed by atoms with van der Waals surface area (Å²) in [7, 11) is 3.24. The van der Waals surface area contributed by atoms with Crippen molar-refractivity contribution in [3.8, 4) is 11.5 Å². The van der Waals surface area contributed by atoms with Gasteiger partial charge in [0.2, 0.25) is 5.91 Å². The van der Waals surface area contributed by atoms with Crippen molar-refractivity contribution in [1.82, 2.24) is 14.8 Å². The lowest BCUT2D eigenvalue weighted by Crippen LogP contribution is -2.64. The Kier molecular flexibility index (Phi) is 6.65. The van der Waals surface area contributed by atoms with Gasteiger partial charge in [-0.25, -0.2) is 0 Å². The second kappa shape index (κ2) is 9.88. The van der Waals surface area contributed by atoms with E-state index >= 15 is 0 Å². The van der Waals surface area contributed by atoms with Gasteiger partial charge in [-0.15, -0.1) is 0 Å². The first kappa shape index (κ1) is 24.2. The van der Waals surface area contributed by atoms with Gasteiger partial charge in [-0.3, -0.25) is 9.59 Å². The molecular weight excluding hydrogens is 454 g/mol. The fraction of sp³-hybridized carbons (Fsp3) is 0.448. The number of aryl methyl sites for hydroxylation is 1. The molecule has 2 aliphatic rings. The van der Waals surface area contributed by atoms with Crippen molar-refractivity contribution in [2.24, 2.45) is 0 Å². The van der Waals surface area contributed by atoms with Gasteiger partial charge in [0.1, 0.15) is 22.7 Å². The van der Waals surface area contributed by atoms with E-state index in [1.165, 1.54) is 5.56 Å². The lowest BCUT2D eigenvalue weighted by molar-refractivity contribution is -0.133. The van der Waals surface area contributed by atoms with Crippen molar-refractivity contribution in [3.05, 3.63) is 59.8 Å². The molecule has 1 saturated carbocycles. The molecule has 36 heavy (non-hydrogen) atoms. The quantitative estimate of drug-likeness (QED) is 0.503. The summed E-state index contributed by atoms with van der Waals surface area (Å²) in [4.78, 5) is 29.6. The fourth-order valence-electron chi connectivity index (χ4n) is 5.80. The Bertz CT molecular complexity index is 1260. The zero-order valence-corrected chi connectivity index (χ0v) is 21.4. The van der Waals surface area contributed by atoms with Crippen molar-refractivity contribution >= 4 is 22.7 Å². The lowest BCUT2D eigenvalue weighted by Gasteiger charge is -2.44. The first-order valence-corrected chi connectivity index (χ1v) is 12.9. The molecule has 1 N–H and O–H groups in total. The molecule has 0 saturated heterocycles. The van der Waals surface area contributed by atoms with Crippen molar-refractivity contribution in [2.45, 2.75) is 63.6 Å². The van der Waals surface area contributed by atoms with Crippen LogP contribution in [0.1, 0.15) is 55.1 Å². The van der Waals surface area contributed by atoms with Crippen LogP contribution in [0.5, 0.6) is 11.5 Å². The summed E-state index contributed by atoms with van der Waals surface area (Å²) in [6.45, 7) is 2.75. The van der Waals surface area contributed by atoms with E-state index in [-0.39, 0.29) is 17.9 Å². The number of carbonyl (C=O) groups excluding carboxylic acids is 2. The van der Waals surface area contributed by atoms with E-state index in [9.17, 15) is 9.59 Å². The second-order valence-corrected chi connectivity index (χ2v) is 10.1. The summed E-state index contributed by atoms with van der Waals surface area (Å²) in [5.41, 5.74) is 1.54. The van der Waals surface area contributed by atoms with E-state index in [0.717, 1.165) is 49.4 Å². The molecule has 1 aliphatic heterocycles. The van der Waals surface area contributed by atoms with E-state index in [1.54, 1.807) is 19.1 Å². The molecule has 7 heteroatoms. The summed E-state index contributed by atoms with van der Waals surface area (Å²) in [5, 5.41) is 4.08. The predicted octanol–water partition coefficient (Wildman–Crippen LogP) is 4.56. The molecule has 0 bridgehead atoms. The minimum absolute atomic E-state index is 0.0863. The van der Waals surface area contributed by atoms with Crippen LogP contribution in [0.4, 0.5) is 0 Å². The number of nitrogens with one attached hydrogen (secondary N) is 1. The highest BCUT2D eigenvalue weighted by molar-refractivity contribution is 6.06. The number of amides is 2. The molecule has 2 amide bonds. The molecule has 3 aromatic rings. The molecule has 5 rings (SSSR count). The molecule has 1 unspecified atom stereocenters. The molecule has 7 nitrogen and oxygen atoms in total. The van der Waals surface area contributed by atoms with Crippen LogP contribution in [-0.2, 0) is 17.8 Å². The summed E-state index contributed by atoms with van der Waals surface area (Å²) in [5.74, 6) is 1.10. The summed E-state index contributed by atoms with van der Waals surface area (Å²) < 4.78 is 13.2. The van der Waals surface area contributed by atoms with Crippen molar-refractivity contribution < 1.29 is 19.1 Å². The van der Waals surface area contributed by atoms with Crippen LogP contribution in [-0.4, -0.2) is 53.6 Å². The zero-order chi connectivity index (χ0) is 25.3. The number of benzene rings is 2. The van der Waals surface area contributed by atoms with Gasteiger partial charge < -0.3 is 24.3 Å². The third-order valence-electron chi connectivity index (χ3n) is 7.82. The first-order chi connectivity index (χ1) is 17.5. The van der Waals surface area contributed by atoms with Crippen LogP contribution in [0.3, 0.4) is 0 Å². The normalized spacial score (nSPS) is 20.0. The maximum Gasteiger partial charge on any atom is 0.271 e. The number of fused-ring (bicyclic) bond motifs is 3. The second-order valence-electron chi connectivity index (χ2n) is 10.1. The SMILES string of the molecule is COc1ccc(OC)c2c1cc1n2CC(C)(C(=O)NC2CCCC2)N(CCCc2ccccc2)C1=O. The van der Waals surface area contributed by atoms with E-state index in [4.69, 9.17) is 9.47 Å². The van der Waals surface area contributed by atoms with Crippen LogP contribution in [0.15, 0.2) is 48.5 Å². The van der Waals surface area contributed by atoms with E-state index < -0.39 is 5.54 Å². The molecule has 0 spiro atoms. The van der Waals surface area contributed by atoms with Crippen molar-refractivity contribution in [2.75, 3.05) is 20.8 Å². The van der Waals surface area contributed by atoms with Gasteiger partial charge in [0, 0.05) is 18.0 Å². The molecule has 2 aromatic carbocycles. The number of methoxy groups -OCH3 is 2. The third-order valence-corrected chi connectivity index (χ3v) is 7.82. The largest absolute Gasteiger partial charge is 0.496 e. The maximum atomic E-state index is 14.0. The number of ether oxygens (including phenoxy) is 2. The van der Waals surface area contributed by atoms with Gasteiger partial charge in [0.15, 0.2) is 0 Å². The van der Waals surface area contributed by atoms with Crippen molar-refractivity contribution in [1.29, 1.82) is 0 Å². The Morgan fingerprint density at radius 1 is 1.06 bits per heavy atom. The molecule has 0 radical (unpaired) electrons. The van der Waals surface area contributed by atoms with Gasteiger partial charge in [-0.05, 0) is 56.4 Å². The molecule has 1 aromatic heterocycles. The number of hydrogen-bond acceptors (Lipinski definition) is 4. The zero-order valence-electron chi connectivity index (χ0n) is 21.4. The Hall–Kier alpha value is -3.48. The maximum absolute atomic E-state index is 14.0. The minimum Gasteiger partial charge on any atom is -0.496 e. The fourth-order valence-corrected chi connectivity index (χ4v) is 5.80. The Labute approximate surface area is 212 Å². The summed E-state index contributed by atoms with van der Waals surface area (Å²) in [6, 6.07) is 16.0. The van der Waals surface area contributed by atoms with Crippen LogP contribution in [0.25, 0.3) is 10.9 Å². The van der Waals surface area contributed by atoms with Crippen molar-refractivity contribution in [3.63, 3.8) is 0 Å². The molecule has 1 fully saturated rings. The predicted molar refractivity (Wildman–Crippen MR) is 140 cm³/mol. The Morgan fingerprint density at radius 2 is 1.75 bits per heavy atom. The van der Waals surface area contributed by atoms with Gasteiger partial charge in [-0.1, -0.05) is 43.2 Å². The van der Waals surface area contributed by atoms with Crippen LogP contribution in [0.2, 0.25) is 0 Å². The number of hydrogen-bond donors (Lipinski definition) is 1. The molecule has 190 valence electrons. The minimum atomic E-state index is -1.02. The lowest BCUT2D eigenvalue weighted by atomic mass is 9.93.